The molecule has 2 aromatic rings. The molecule has 0 aliphatic heterocycles. The Morgan fingerprint density at radius 1 is 1.03 bits per heavy atom. The lowest BCUT2D eigenvalue weighted by Gasteiger charge is -2.10. The zero-order valence-electron chi connectivity index (χ0n) is 15.3. The van der Waals surface area contributed by atoms with E-state index in [2.05, 4.69) is 10.6 Å². The molecule has 29 heavy (non-hydrogen) atoms. The van der Waals surface area contributed by atoms with Gasteiger partial charge in [0.05, 0.1) is 24.2 Å². The predicted molar refractivity (Wildman–Crippen MR) is 105 cm³/mol. The van der Waals surface area contributed by atoms with Gasteiger partial charge in [-0.05, 0) is 36.4 Å². The number of esters is 1. The summed E-state index contributed by atoms with van der Waals surface area (Å²) >= 11 is 11.7. The molecule has 2 amide bonds. The van der Waals surface area contributed by atoms with E-state index in [0.717, 1.165) is 0 Å². The third-order valence-electron chi connectivity index (χ3n) is 3.65. The summed E-state index contributed by atoms with van der Waals surface area (Å²) in [4.78, 5) is 35.6. The second kappa shape index (κ2) is 10.6. The van der Waals surface area contributed by atoms with Gasteiger partial charge in [0.15, 0.2) is 0 Å². The first-order chi connectivity index (χ1) is 13.8. The summed E-state index contributed by atoms with van der Waals surface area (Å²) in [5.41, 5.74) is 0.506. The third kappa shape index (κ3) is 6.92. The van der Waals surface area contributed by atoms with Gasteiger partial charge in [0.1, 0.15) is 24.7 Å². The van der Waals surface area contributed by atoms with Crippen molar-refractivity contribution < 1.29 is 28.2 Å². The second-order valence-corrected chi connectivity index (χ2v) is 6.54. The van der Waals surface area contributed by atoms with Crippen LogP contribution in [-0.2, 0) is 20.9 Å². The van der Waals surface area contributed by atoms with Crippen LogP contribution in [0.3, 0.4) is 0 Å². The minimum Gasteiger partial charge on any atom is -0.496 e. The lowest BCUT2D eigenvalue weighted by atomic mass is 10.2. The smallest absolute Gasteiger partial charge is 0.325 e. The number of amides is 2. The highest BCUT2D eigenvalue weighted by Crippen LogP contribution is 2.21. The monoisotopic (exact) mass is 442 g/mol. The first-order valence-corrected chi connectivity index (χ1v) is 9.03. The van der Waals surface area contributed by atoms with E-state index < -0.39 is 30.1 Å². The average Bonchev–Trinajstić information content (AvgIpc) is 2.69. The van der Waals surface area contributed by atoms with E-state index in [1.54, 1.807) is 0 Å². The number of carbonyl (C=O) groups is 3. The number of ether oxygens (including phenoxy) is 2. The van der Waals surface area contributed by atoms with Crippen molar-refractivity contribution in [2.75, 3.05) is 20.2 Å². The maximum Gasteiger partial charge on any atom is 0.325 e. The maximum absolute atomic E-state index is 13.3. The first-order valence-electron chi connectivity index (χ1n) is 8.28. The van der Waals surface area contributed by atoms with Gasteiger partial charge >= 0.3 is 5.97 Å². The topological polar surface area (TPSA) is 93.7 Å². The standard InChI is InChI=1S/C19H17Cl2FN2O5/c1-28-16-5-3-13(22)6-11(16)10-29-18(26)9-23-17(25)8-24-19(27)14-4-2-12(20)7-15(14)21/h2-7H,8-10H2,1H3,(H,23,25)(H,24,27). The normalized spacial score (nSPS) is 10.2. The molecule has 10 heteroatoms. The van der Waals surface area contributed by atoms with Crippen LogP contribution in [0, 0.1) is 5.82 Å². The average molecular weight is 443 g/mol. The fraction of sp³-hybridized carbons (Fsp3) is 0.211. The number of hydrogen-bond acceptors (Lipinski definition) is 5. The summed E-state index contributed by atoms with van der Waals surface area (Å²) in [6, 6.07) is 8.14. The Morgan fingerprint density at radius 2 is 1.79 bits per heavy atom. The van der Waals surface area contributed by atoms with Gasteiger partial charge in [-0.25, -0.2) is 4.39 Å². The number of nitrogens with one attached hydrogen (secondary N) is 2. The highest BCUT2D eigenvalue weighted by Gasteiger charge is 2.13. The zero-order valence-corrected chi connectivity index (χ0v) is 16.8. The van der Waals surface area contributed by atoms with Gasteiger partial charge in [-0.2, -0.15) is 0 Å². The van der Waals surface area contributed by atoms with Crippen molar-refractivity contribution in [3.63, 3.8) is 0 Å². The number of carbonyl (C=O) groups excluding carboxylic acids is 3. The third-order valence-corrected chi connectivity index (χ3v) is 4.19. The van der Waals surface area contributed by atoms with Crippen LogP contribution in [-0.4, -0.2) is 38.0 Å². The van der Waals surface area contributed by atoms with E-state index in [9.17, 15) is 18.8 Å². The predicted octanol–water partition coefficient (Wildman–Crippen LogP) is 2.73. The molecule has 0 spiro atoms. The number of methoxy groups -OCH3 is 1. The number of hydrogen-bond donors (Lipinski definition) is 2. The molecule has 0 heterocycles. The maximum atomic E-state index is 13.3. The molecular weight excluding hydrogens is 426 g/mol. The Hall–Kier alpha value is -2.84. The van der Waals surface area contributed by atoms with Crippen molar-refractivity contribution >= 4 is 41.0 Å². The number of benzene rings is 2. The van der Waals surface area contributed by atoms with Crippen LogP contribution in [0.2, 0.25) is 10.0 Å². The molecule has 0 radical (unpaired) electrons. The van der Waals surface area contributed by atoms with Gasteiger partial charge in [0, 0.05) is 10.6 Å². The van der Waals surface area contributed by atoms with Crippen LogP contribution in [0.5, 0.6) is 5.75 Å². The van der Waals surface area contributed by atoms with E-state index in [4.69, 9.17) is 32.7 Å². The largest absolute Gasteiger partial charge is 0.496 e. The van der Waals surface area contributed by atoms with Crippen LogP contribution in [0.4, 0.5) is 4.39 Å². The molecule has 154 valence electrons. The van der Waals surface area contributed by atoms with Gasteiger partial charge in [0.25, 0.3) is 5.91 Å². The van der Waals surface area contributed by atoms with Crippen LogP contribution in [0.25, 0.3) is 0 Å². The summed E-state index contributed by atoms with van der Waals surface area (Å²) in [6.07, 6.45) is 0. The Balaban J connectivity index is 1.75. The molecule has 0 fully saturated rings. The summed E-state index contributed by atoms with van der Waals surface area (Å²) < 4.78 is 23.3. The van der Waals surface area contributed by atoms with Gasteiger partial charge in [0.2, 0.25) is 5.91 Å². The fourth-order valence-electron chi connectivity index (χ4n) is 2.23. The SMILES string of the molecule is COc1ccc(F)cc1COC(=O)CNC(=O)CNC(=O)c1ccc(Cl)cc1Cl. The highest BCUT2D eigenvalue weighted by atomic mass is 35.5. The molecule has 0 atom stereocenters. The van der Waals surface area contributed by atoms with Crippen molar-refractivity contribution in [1.29, 1.82) is 0 Å². The van der Waals surface area contributed by atoms with E-state index in [-0.39, 0.29) is 23.7 Å². The van der Waals surface area contributed by atoms with E-state index >= 15 is 0 Å². The summed E-state index contributed by atoms with van der Waals surface area (Å²) in [5.74, 6) is -2.04. The van der Waals surface area contributed by atoms with Gasteiger partial charge < -0.3 is 20.1 Å². The molecule has 2 aromatic carbocycles. The molecule has 2 rings (SSSR count). The lowest BCUT2D eigenvalue weighted by molar-refractivity contribution is -0.145. The van der Waals surface area contributed by atoms with Crippen LogP contribution in [0.15, 0.2) is 36.4 Å². The molecular formula is C19H17Cl2FN2O5. The van der Waals surface area contributed by atoms with Gasteiger partial charge in [-0.15, -0.1) is 0 Å². The van der Waals surface area contributed by atoms with E-state index in [0.29, 0.717) is 16.3 Å². The second-order valence-electron chi connectivity index (χ2n) is 5.70. The van der Waals surface area contributed by atoms with Crippen molar-refractivity contribution in [2.45, 2.75) is 6.61 Å². The quantitative estimate of drug-likeness (QED) is 0.613. The Bertz CT molecular complexity index is 923. The molecule has 0 unspecified atom stereocenters. The van der Waals surface area contributed by atoms with Crippen molar-refractivity contribution in [2.24, 2.45) is 0 Å². The summed E-state index contributed by atoms with van der Waals surface area (Å²) in [7, 11) is 1.41. The number of halogens is 3. The summed E-state index contributed by atoms with van der Waals surface area (Å²) in [6.45, 7) is -1.02. The Labute approximate surface area is 176 Å². The van der Waals surface area contributed by atoms with E-state index in [1.165, 1.54) is 43.5 Å². The van der Waals surface area contributed by atoms with Crippen LogP contribution < -0.4 is 15.4 Å². The zero-order chi connectivity index (χ0) is 21.4. The van der Waals surface area contributed by atoms with Crippen molar-refractivity contribution in [3.05, 3.63) is 63.4 Å². The first kappa shape index (κ1) is 22.4. The highest BCUT2D eigenvalue weighted by molar-refractivity contribution is 6.36. The molecule has 0 aliphatic carbocycles. The lowest BCUT2D eigenvalue weighted by Crippen LogP contribution is -2.39. The van der Waals surface area contributed by atoms with Crippen molar-refractivity contribution in [1.82, 2.24) is 10.6 Å². The van der Waals surface area contributed by atoms with Crippen molar-refractivity contribution in [3.8, 4) is 5.75 Å². The molecule has 7 nitrogen and oxygen atoms in total. The molecule has 2 N–H and O–H groups in total. The van der Waals surface area contributed by atoms with E-state index in [1.807, 2.05) is 0 Å². The van der Waals surface area contributed by atoms with Crippen LogP contribution >= 0.6 is 23.2 Å². The van der Waals surface area contributed by atoms with Crippen LogP contribution in [0.1, 0.15) is 15.9 Å². The molecule has 0 saturated carbocycles. The molecule has 0 aromatic heterocycles. The Morgan fingerprint density at radius 3 is 2.48 bits per heavy atom. The minimum absolute atomic E-state index is 0.145. The Kier molecular flexibility index (Phi) is 8.23. The summed E-state index contributed by atoms with van der Waals surface area (Å²) in [5, 5.41) is 5.19. The number of rotatable bonds is 8. The fourth-order valence-corrected chi connectivity index (χ4v) is 2.73. The molecule has 0 aliphatic rings. The molecule has 0 bridgehead atoms. The minimum atomic E-state index is -0.739. The molecule has 0 saturated heterocycles. The van der Waals surface area contributed by atoms with Gasteiger partial charge in [-0.1, -0.05) is 23.2 Å². The van der Waals surface area contributed by atoms with Gasteiger partial charge in [-0.3, -0.25) is 14.4 Å².